The van der Waals surface area contributed by atoms with Gasteiger partial charge in [-0.15, -0.1) is 0 Å². The minimum atomic E-state index is -0.316. The molecule has 0 bridgehead atoms. The van der Waals surface area contributed by atoms with Crippen LogP contribution < -0.4 is 5.32 Å². The first-order chi connectivity index (χ1) is 12.5. The quantitative estimate of drug-likeness (QED) is 0.721. The summed E-state index contributed by atoms with van der Waals surface area (Å²) in [6, 6.07) is 7.70. The van der Waals surface area contributed by atoms with Crippen molar-refractivity contribution in [1.29, 1.82) is 0 Å². The van der Waals surface area contributed by atoms with Crippen LogP contribution in [0, 0.1) is 0 Å². The Labute approximate surface area is 159 Å². The van der Waals surface area contributed by atoms with Crippen LogP contribution in [0.25, 0.3) is 0 Å². The van der Waals surface area contributed by atoms with E-state index in [1.54, 1.807) is 13.2 Å². The number of thioether (sulfide) groups is 1. The van der Waals surface area contributed by atoms with E-state index in [1.807, 2.05) is 55.8 Å². The van der Waals surface area contributed by atoms with Gasteiger partial charge in [0.15, 0.2) is 5.16 Å². The van der Waals surface area contributed by atoms with Gasteiger partial charge >= 0.3 is 0 Å². The van der Waals surface area contributed by atoms with Crippen LogP contribution in [0.4, 0.5) is 5.69 Å². The number of imidazole rings is 1. The zero-order chi connectivity index (χ0) is 19.1. The molecule has 0 radical (unpaired) electrons. The molecular formula is C19H26N4O2S. The second kappa shape index (κ2) is 9.43. The van der Waals surface area contributed by atoms with Gasteiger partial charge in [-0.3, -0.25) is 9.59 Å². The Morgan fingerprint density at radius 2 is 2.04 bits per heavy atom. The lowest BCUT2D eigenvalue weighted by Gasteiger charge is -2.21. The van der Waals surface area contributed by atoms with Crippen LogP contribution in [0.5, 0.6) is 0 Å². The summed E-state index contributed by atoms with van der Waals surface area (Å²) in [6.45, 7) is 6.73. The van der Waals surface area contributed by atoms with Crippen molar-refractivity contribution in [3.8, 4) is 0 Å². The molecule has 2 aromatic rings. The summed E-state index contributed by atoms with van der Waals surface area (Å²) in [6.07, 6.45) is 4.45. The number of para-hydroxylation sites is 1. The lowest BCUT2D eigenvalue weighted by atomic mass is 10.1. The zero-order valence-corrected chi connectivity index (χ0v) is 16.5. The Balaban J connectivity index is 1.92. The lowest BCUT2D eigenvalue weighted by molar-refractivity contribution is -0.132. The van der Waals surface area contributed by atoms with E-state index in [0.717, 1.165) is 29.4 Å². The summed E-state index contributed by atoms with van der Waals surface area (Å²) in [5, 5.41) is 3.39. The lowest BCUT2D eigenvalue weighted by Crippen LogP contribution is -2.39. The third-order valence-electron chi connectivity index (χ3n) is 4.08. The second-order valence-electron chi connectivity index (χ2n) is 6.01. The van der Waals surface area contributed by atoms with Crippen molar-refractivity contribution < 1.29 is 9.59 Å². The number of amides is 2. The summed E-state index contributed by atoms with van der Waals surface area (Å²) < 4.78 is 1.99. The standard InChI is InChI=1S/C19H26N4O2S/c1-5-15-9-7-8-10-16(15)21-17(24)13-22(4)18(25)14(3)26-19-20-11-12-23(19)6-2/h7-12,14H,5-6,13H2,1-4H3,(H,21,24). The van der Waals surface area contributed by atoms with Gasteiger partial charge in [-0.25, -0.2) is 4.98 Å². The Kier molecular flexibility index (Phi) is 7.26. The van der Waals surface area contributed by atoms with Crippen molar-refractivity contribution >= 4 is 29.3 Å². The Bertz CT molecular complexity index is 760. The number of benzene rings is 1. The molecule has 1 aromatic heterocycles. The van der Waals surface area contributed by atoms with Crippen molar-refractivity contribution in [2.24, 2.45) is 0 Å². The number of likely N-dealkylation sites (N-methyl/N-ethyl adjacent to an activating group) is 1. The summed E-state index contributed by atoms with van der Waals surface area (Å²) in [4.78, 5) is 30.6. The van der Waals surface area contributed by atoms with Gasteiger partial charge in [0, 0.05) is 31.7 Å². The number of aromatic nitrogens is 2. The summed E-state index contributed by atoms with van der Waals surface area (Å²) in [7, 11) is 1.65. The zero-order valence-electron chi connectivity index (χ0n) is 15.7. The minimum absolute atomic E-state index is 0.0179. The third-order valence-corrected chi connectivity index (χ3v) is 5.18. The van der Waals surface area contributed by atoms with Crippen LogP contribution in [0.2, 0.25) is 0 Å². The van der Waals surface area contributed by atoms with Crippen molar-refractivity contribution in [2.45, 2.75) is 44.1 Å². The normalized spacial score (nSPS) is 11.8. The fourth-order valence-electron chi connectivity index (χ4n) is 2.61. The molecule has 1 heterocycles. The molecule has 0 aliphatic heterocycles. The molecule has 0 aliphatic carbocycles. The first-order valence-electron chi connectivity index (χ1n) is 8.76. The van der Waals surface area contributed by atoms with E-state index < -0.39 is 0 Å². The molecular weight excluding hydrogens is 348 g/mol. The molecule has 0 fully saturated rings. The highest BCUT2D eigenvalue weighted by Crippen LogP contribution is 2.23. The van der Waals surface area contributed by atoms with Crippen molar-refractivity contribution in [3.63, 3.8) is 0 Å². The first-order valence-corrected chi connectivity index (χ1v) is 9.64. The Hall–Kier alpha value is -2.28. The summed E-state index contributed by atoms with van der Waals surface area (Å²) in [5.74, 6) is -0.298. The number of carbonyl (C=O) groups excluding carboxylic acids is 2. The maximum absolute atomic E-state index is 12.6. The molecule has 0 aliphatic rings. The van der Waals surface area contributed by atoms with Crippen molar-refractivity contribution in [1.82, 2.24) is 14.5 Å². The fraction of sp³-hybridized carbons (Fsp3) is 0.421. The summed E-state index contributed by atoms with van der Waals surface area (Å²) in [5.41, 5.74) is 1.87. The van der Waals surface area contributed by atoms with Crippen LogP contribution in [-0.2, 0) is 22.6 Å². The maximum Gasteiger partial charge on any atom is 0.243 e. The van der Waals surface area contributed by atoms with E-state index >= 15 is 0 Å². The smallest absolute Gasteiger partial charge is 0.243 e. The van der Waals surface area contributed by atoms with Crippen molar-refractivity contribution in [3.05, 3.63) is 42.2 Å². The molecule has 6 nitrogen and oxygen atoms in total. The van der Waals surface area contributed by atoms with Crippen LogP contribution in [0.15, 0.2) is 41.8 Å². The highest BCUT2D eigenvalue weighted by atomic mass is 32.2. The van der Waals surface area contributed by atoms with Gasteiger partial charge in [-0.1, -0.05) is 36.9 Å². The predicted molar refractivity (Wildman–Crippen MR) is 105 cm³/mol. The predicted octanol–water partition coefficient (Wildman–Crippen LogP) is 3.04. The number of nitrogens with one attached hydrogen (secondary N) is 1. The van der Waals surface area contributed by atoms with Crippen molar-refractivity contribution in [2.75, 3.05) is 18.9 Å². The van der Waals surface area contributed by atoms with E-state index in [9.17, 15) is 9.59 Å². The molecule has 1 atom stereocenters. The number of aryl methyl sites for hydroxylation is 2. The van der Waals surface area contributed by atoms with E-state index in [0.29, 0.717) is 0 Å². The molecule has 1 aromatic carbocycles. The van der Waals surface area contributed by atoms with Gasteiger partial charge < -0.3 is 14.8 Å². The number of anilines is 1. The van der Waals surface area contributed by atoms with E-state index in [2.05, 4.69) is 10.3 Å². The Morgan fingerprint density at radius 3 is 2.73 bits per heavy atom. The number of carbonyl (C=O) groups is 2. The largest absolute Gasteiger partial charge is 0.335 e. The average molecular weight is 375 g/mol. The van der Waals surface area contributed by atoms with Crippen LogP contribution in [-0.4, -0.2) is 45.1 Å². The van der Waals surface area contributed by atoms with Crippen LogP contribution >= 0.6 is 11.8 Å². The molecule has 2 rings (SSSR count). The Morgan fingerprint density at radius 1 is 1.31 bits per heavy atom. The van der Waals surface area contributed by atoms with Gasteiger partial charge in [-0.2, -0.15) is 0 Å². The third kappa shape index (κ3) is 5.11. The van der Waals surface area contributed by atoms with E-state index in [-0.39, 0.29) is 23.6 Å². The molecule has 140 valence electrons. The first kappa shape index (κ1) is 20.0. The molecule has 26 heavy (non-hydrogen) atoms. The van der Waals surface area contributed by atoms with E-state index in [4.69, 9.17) is 0 Å². The molecule has 1 N–H and O–H groups in total. The van der Waals surface area contributed by atoms with E-state index in [1.165, 1.54) is 16.7 Å². The van der Waals surface area contributed by atoms with Gasteiger partial charge in [0.1, 0.15) is 0 Å². The number of hydrogen-bond donors (Lipinski definition) is 1. The molecule has 2 amide bonds. The molecule has 0 spiro atoms. The second-order valence-corrected chi connectivity index (χ2v) is 7.32. The minimum Gasteiger partial charge on any atom is -0.335 e. The number of hydrogen-bond acceptors (Lipinski definition) is 4. The highest BCUT2D eigenvalue weighted by Gasteiger charge is 2.22. The molecule has 1 unspecified atom stereocenters. The van der Waals surface area contributed by atoms with Gasteiger partial charge in [-0.05, 0) is 31.9 Å². The fourth-order valence-corrected chi connectivity index (χ4v) is 3.65. The topological polar surface area (TPSA) is 67.2 Å². The maximum atomic E-state index is 12.6. The highest BCUT2D eigenvalue weighted by molar-refractivity contribution is 8.00. The number of nitrogens with zero attached hydrogens (tertiary/aromatic N) is 3. The van der Waals surface area contributed by atoms with Gasteiger partial charge in [0.2, 0.25) is 11.8 Å². The molecule has 7 heteroatoms. The monoisotopic (exact) mass is 374 g/mol. The average Bonchev–Trinajstić information content (AvgIpc) is 3.08. The van der Waals surface area contributed by atoms with Crippen LogP contribution in [0.3, 0.4) is 0 Å². The molecule has 0 saturated carbocycles. The summed E-state index contributed by atoms with van der Waals surface area (Å²) >= 11 is 1.40. The number of rotatable bonds is 8. The van der Waals surface area contributed by atoms with Crippen LogP contribution in [0.1, 0.15) is 26.3 Å². The SMILES string of the molecule is CCc1ccccc1NC(=O)CN(C)C(=O)C(C)Sc1nccn1CC. The van der Waals surface area contributed by atoms with Gasteiger partial charge in [0.05, 0.1) is 11.8 Å². The molecule has 0 saturated heterocycles. The van der Waals surface area contributed by atoms with Gasteiger partial charge in [0.25, 0.3) is 0 Å².